The van der Waals surface area contributed by atoms with Gasteiger partial charge >= 0.3 is 5.97 Å². The number of rotatable bonds is 3. The molecule has 0 unspecified atom stereocenters. The molecule has 0 saturated carbocycles. The van der Waals surface area contributed by atoms with Gasteiger partial charge in [0.25, 0.3) is 0 Å². The predicted octanol–water partition coefficient (Wildman–Crippen LogP) is 1.53. The number of benzene rings is 1. The fourth-order valence-corrected chi connectivity index (χ4v) is 1.12. The summed E-state index contributed by atoms with van der Waals surface area (Å²) in [6.45, 7) is 1.94. The monoisotopic (exact) mass is 215 g/mol. The van der Waals surface area contributed by atoms with Crippen LogP contribution in [0.5, 0.6) is 5.75 Å². The van der Waals surface area contributed by atoms with Gasteiger partial charge < -0.3 is 10.5 Å². The van der Waals surface area contributed by atoms with Crippen molar-refractivity contribution in [2.45, 2.75) is 13.3 Å². The van der Waals surface area contributed by atoms with Gasteiger partial charge in [0.1, 0.15) is 5.75 Å². The number of hydrogen-bond donors (Lipinski definition) is 1. The van der Waals surface area contributed by atoms with Gasteiger partial charge in [-0.15, -0.1) is 12.4 Å². The highest BCUT2D eigenvalue weighted by molar-refractivity contribution is 5.85. The summed E-state index contributed by atoms with van der Waals surface area (Å²) < 4.78 is 5.00. The van der Waals surface area contributed by atoms with Crippen LogP contribution in [0.1, 0.15) is 12.5 Å². The Morgan fingerprint density at radius 2 is 2.07 bits per heavy atom. The molecule has 0 saturated heterocycles. The standard InChI is InChI=1S/C10H13NO2.ClH/c1-8(12)13-10-5-3-2-4-9(10)6-7-11;/h2-5H,6-7,11H2,1H3;1H. The van der Waals surface area contributed by atoms with E-state index in [2.05, 4.69) is 0 Å². The van der Waals surface area contributed by atoms with Crippen molar-refractivity contribution in [2.75, 3.05) is 6.54 Å². The summed E-state index contributed by atoms with van der Waals surface area (Å²) in [7, 11) is 0. The summed E-state index contributed by atoms with van der Waals surface area (Å²) in [4.78, 5) is 10.7. The highest BCUT2D eigenvalue weighted by Crippen LogP contribution is 2.17. The lowest BCUT2D eigenvalue weighted by Crippen LogP contribution is -2.07. The lowest BCUT2D eigenvalue weighted by Gasteiger charge is -2.06. The minimum absolute atomic E-state index is 0. The summed E-state index contributed by atoms with van der Waals surface area (Å²) in [5.41, 5.74) is 6.39. The van der Waals surface area contributed by atoms with Gasteiger partial charge in [0, 0.05) is 6.92 Å². The number of ether oxygens (including phenoxy) is 1. The lowest BCUT2D eigenvalue weighted by atomic mass is 10.1. The van der Waals surface area contributed by atoms with Gasteiger partial charge in [-0.05, 0) is 24.6 Å². The Morgan fingerprint density at radius 3 is 2.64 bits per heavy atom. The van der Waals surface area contributed by atoms with E-state index in [1.807, 2.05) is 18.2 Å². The molecule has 0 atom stereocenters. The quantitative estimate of drug-likeness (QED) is 0.615. The van der Waals surface area contributed by atoms with Crippen molar-refractivity contribution in [2.24, 2.45) is 5.73 Å². The summed E-state index contributed by atoms with van der Waals surface area (Å²) in [5.74, 6) is 0.310. The summed E-state index contributed by atoms with van der Waals surface area (Å²) in [6.07, 6.45) is 0.726. The van der Waals surface area contributed by atoms with Crippen LogP contribution in [0, 0.1) is 0 Å². The van der Waals surface area contributed by atoms with E-state index in [4.69, 9.17) is 10.5 Å². The predicted molar refractivity (Wildman–Crippen MR) is 57.8 cm³/mol. The summed E-state index contributed by atoms with van der Waals surface area (Å²) >= 11 is 0. The largest absolute Gasteiger partial charge is 0.426 e. The molecular formula is C10H14ClNO2. The Hall–Kier alpha value is -1.06. The maximum absolute atomic E-state index is 10.7. The number of halogens is 1. The van der Waals surface area contributed by atoms with Gasteiger partial charge in [-0.25, -0.2) is 0 Å². The fraction of sp³-hybridized carbons (Fsp3) is 0.300. The highest BCUT2D eigenvalue weighted by atomic mass is 35.5. The van der Waals surface area contributed by atoms with E-state index < -0.39 is 0 Å². The van der Waals surface area contributed by atoms with Gasteiger partial charge in [0.05, 0.1) is 0 Å². The topological polar surface area (TPSA) is 52.3 Å². The number of esters is 1. The molecule has 14 heavy (non-hydrogen) atoms. The molecule has 3 nitrogen and oxygen atoms in total. The van der Waals surface area contributed by atoms with Crippen molar-refractivity contribution in [3.05, 3.63) is 29.8 Å². The van der Waals surface area contributed by atoms with E-state index in [-0.39, 0.29) is 18.4 Å². The van der Waals surface area contributed by atoms with Gasteiger partial charge in [-0.2, -0.15) is 0 Å². The number of hydrogen-bond acceptors (Lipinski definition) is 3. The molecule has 1 aromatic carbocycles. The van der Waals surface area contributed by atoms with Gasteiger partial charge in [-0.3, -0.25) is 4.79 Å². The van der Waals surface area contributed by atoms with Crippen LogP contribution in [0.2, 0.25) is 0 Å². The smallest absolute Gasteiger partial charge is 0.308 e. The average Bonchev–Trinajstić information content (AvgIpc) is 2.08. The molecule has 0 amide bonds. The molecule has 0 radical (unpaired) electrons. The second kappa shape index (κ2) is 6.40. The number of para-hydroxylation sites is 1. The van der Waals surface area contributed by atoms with Crippen LogP contribution in [0.3, 0.4) is 0 Å². The molecule has 0 aliphatic rings. The molecule has 0 spiro atoms. The van der Waals surface area contributed by atoms with Crippen molar-refractivity contribution >= 4 is 18.4 Å². The lowest BCUT2D eigenvalue weighted by molar-refractivity contribution is -0.131. The van der Waals surface area contributed by atoms with Crippen LogP contribution in [0.25, 0.3) is 0 Å². The van der Waals surface area contributed by atoms with Crippen LogP contribution in [-0.4, -0.2) is 12.5 Å². The van der Waals surface area contributed by atoms with E-state index in [0.29, 0.717) is 12.3 Å². The molecule has 1 rings (SSSR count). The van der Waals surface area contributed by atoms with Crippen LogP contribution in [0.15, 0.2) is 24.3 Å². The number of carbonyl (C=O) groups is 1. The molecule has 1 aromatic rings. The van der Waals surface area contributed by atoms with Crippen LogP contribution >= 0.6 is 12.4 Å². The average molecular weight is 216 g/mol. The van der Waals surface area contributed by atoms with E-state index in [0.717, 1.165) is 12.0 Å². The SMILES string of the molecule is CC(=O)Oc1ccccc1CCN.Cl. The Labute approximate surface area is 89.7 Å². The van der Waals surface area contributed by atoms with Crippen molar-refractivity contribution in [3.8, 4) is 5.75 Å². The maximum atomic E-state index is 10.7. The number of carbonyl (C=O) groups excluding carboxylic acids is 1. The first-order chi connectivity index (χ1) is 6.24. The van der Waals surface area contributed by atoms with Crippen molar-refractivity contribution in [1.82, 2.24) is 0 Å². The normalized spacial score (nSPS) is 9.00. The zero-order valence-electron chi connectivity index (χ0n) is 8.03. The molecule has 4 heteroatoms. The Balaban J connectivity index is 0.00000169. The van der Waals surface area contributed by atoms with E-state index in [1.54, 1.807) is 6.07 Å². The van der Waals surface area contributed by atoms with Crippen molar-refractivity contribution in [3.63, 3.8) is 0 Å². The third-order valence-electron chi connectivity index (χ3n) is 1.64. The fourth-order valence-electron chi connectivity index (χ4n) is 1.12. The zero-order valence-corrected chi connectivity index (χ0v) is 8.84. The van der Waals surface area contributed by atoms with Gasteiger partial charge in [-0.1, -0.05) is 18.2 Å². The first kappa shape index (κ1) is 12.9. The number of nitrogens with two attached hydrogens (primary N) is 1. The van der Waals surface area contributed by atoms with E-state index in [9.17, 15) is 4.79 Å². The maximum Gasteiger partial charge on any atom is 0.308 e. The molecule has 2 N–H and O–H groups in total. The van der Waals surface area contributed by atoms with Gasteiger partial charge in [0.15, 0.2) is 0 Å². The first-order valence-corrected chi connectivity index (χ1v) is 4.20. The molecule has 0 aromatic heterocycles. The molecule has 0 heterocycles. The molecular weight excluding hydrogens is 202 g/mol. The van der Waals surface area contributed by atoms with E-state index >= 15 is 0 Å². The highest BCUT2D eigenvalue weighted by Gasteiger charge is 2.03. The zero-order chi connectivity index (χ0) is 9.68. The van der Waals surface area contributed by atoms with Crippen LogP contribution in [-0.2, 0) is 11.2 Å². The first-order valence-electron chi connectivity index (χ1n) is 4.20. The molecule has 0 aliphatic carbocycles. The third kappa shape index (κ3) is 3.77. The Bertz CT molecular complexity index is 302. The van der Waals surface area contributed by atoms with Crippen molar-refractivity contribution < 1.29 is 9.53 Å². The Kier molecular flexibility index (Phi) is 5.92. The third-order valence-corrected chi connectivity index (χ3v) is 1.64. The second-order valence-corrected chi connectivity index (χ2v) is 2.74. The van der Waals surface area contributed by atoms with Gasteiger partial charge in [0.2, 0.25) is 0 Å². The molecule has 0 fully saturated rings. The summed E-state index contributed by atoms with van der Waals surface area (Å²) in [5, 5.41) is 0. The minimum Gasteiger partial charge on any atom is -0.426 e. The molecule has 0 bridgehead atoms. The van der Waals surface area contributed by atoms with Crippen LogP contribution < -0.4 is 10.5 Å². The molecule has 78 valence electrons. The Morgan fingerprint density at radius 1 is 1.43 bits per heavy atom. The minimum atomic E-state index is -0.301. The summed E-state index contributed by atoms with van der Waals surface area (Å²) in [6, 6.07) is 7.41. The van der Waals surface area contributed by atoms with E-state index in [1.165, 1.54) is 6.92 Å². The van der Waals surface area contributed by atoms with Crippen LogP contribution in [0.4, 0.5) is 0 Å². The second-order valence-electron chi connectivity index (χ2n) is 2.74. The molecule has 0 aliphatic heterocycles. The van der Waals surface area contributed by atoms with Crippen molar-refractivity contribution in [1.29, 1.82) is 0 Å².